The molecule has 6 heteroatoms. The summed E-state index contributed by atoms with van der Waals surface area (Å²) in [6.07, 6.45) is 2.09. The Morgan fingerprint density at radius 3 is 2.70 bits per heavy atom. The maximum atomic E-state index is 5.71. The molecular formula is C14H20BrN3O2. The van der Waals surface area contributed by atoms with Gasteiger partial charge in [-0.15, -0.1) is 0 Å². The molecule has 0 bridgehead atoms. The highest BCUT2D eigenvalue weighted by Gasteiger charge is 2.22. The summed E-state index contributed by atoms with van der Waals surface area (Å²) < 4.78 is 12.2. The quantitative estimate of drug-likeness (QED) is 0.830. The Bertz CT molecular complexity index is 415. The van der Waals surface area contributed by atoms with Gasteiger partial charge in [0, 0.05) is 43.4 Å². The Balaban J connectivity index is 1.47. The first-order valence-electron chi connectivity index (χ1n) is 7.09. The second kappa shape index (κ2) is 6.85. The average Bonchev–Trinajstić information content (AvgIpc) is 2.50. The van der Waals surface area contributed by atoms with Crippen LogP contribution in [0.1, 0.15) is 0 Å². The van der Waals surface area contributed by atoms with Crippen molar-refractivity contribution >= 4 is 21.7 Å². The van der Waals surface area contributed by atoms with Crippen molar-refractivity contribution in [1.82, 2.24) is 9.88 Å². The van der Waals surface area contributed by atoms with Crippen molar-refractivity contribution in [3.63, 3.8) is 0 Å². The molecule has 3 rings (SSSR count). The highest BCUT2D eigenvalue weighted by atomic mass is 79.9. The van der Waals surface area contributed by atoms with E-state index < -0.39 is 0 Å². The van der Waals surface area contributed by atoms with E-state index in [-0.39, 0.29) is 6.10 Å². The van der Waals surface area contributed by atoms with Gasteiger partial charge >= 0.3 is 0 Å². The van der Waals surface area contributed by atoms with Crippen molar-refractivity contribution in [1.29, 1.82) is 0 Å². The maximum Gasteiger partial charge on any atom is 0.128 e. The lowest BCUT2D eigenvalue weighted by Gasteiger charge is -2.37. The number of piperazine rings is 1. The van der Waals surface area contributed by atoms with E-state index in [1.54, 1.807) is 0 Å². The van der Waals surface area contributed by atoms with Crippen molar-refractivity contribution < 1.29 is 9.47 Å². The number of hydrogen-bond donors (Lipinski definition) is 0. The summed E-state index contributed by atoms with van der Waals surface area (Å²) in [6, 6.07) is 4.11. The molecule has 1 aromatic heterocycles. The Hall–Kier alpha value is -0.690. The van der Waals surface area contributed by atoms with Gasteiger partial charge in [-0.25, -0.2) is 4.98 Å². The fraction of sp³-hybridized carbons (Fsp3) is 0.643. The van der Waals surface area contributed by atoms with E-state index in [0.29, 0.717) is 0 Å². The van der Waals surface area contributed by atoms with Gasteiger partial charge in [0.25, 0.3) is 0 Å². The molecule has 110 valence electrons. The third-order valence-electron chi connectivity index (χ3n) is 3.75. The lowest BCUT2D eigenvalue weighted by atomic mass is 10.2. The highest BCUT2D eigenvalue weighted by molar-refractivity contribution is 9.10. The van der Waals surface area contributed by atoms with Crippen LogP contribution in [0.25, 0.3) is 0 Å². The summed E-state index contributed by atoms with van der Waals surface area (Å²) in [5, 5.41) is 0. The number of ether oxygens (including phenoxy) is 2. The third kappa shape index (κ3) is 3.69. The van der Waals surface area contributed by atoms with E-state index in [1.165, 1.54) is 0 Å². The second-order valence-corrected chi connectivity index (χ2v) is 6.11. The molecule has 0 spiro atoms. The minimum atomic E-state index is 0.237. The van der Waals surface area contributed by atoms with Gasteiger partial charge in [0.1, 0.15) is 5.82 Å². The standard InChI is InChI=1S/C14H20BrN3O2/c15-12-1-2-14(16-9-12)18-5-3-17(4-6-18)10-13-11-19-7-8-20-13/h1-2,9,13H,3-8,10-11H2. The lowest BCUT2D eigenvalue weighted by Crippen LogP contribution is -2.50. The van der Waals surface area contributed by atoms with Crippen LogP contribution in [0.5, 0.6) is 0 Å². The molecule has 2 aliphatic rings. The second-order valence-electron chi connectivity index (χ2n) is 5.19. The SMILES string of the molecule is Brc1ccc(N2CCN(CC3COCCO3)CC2)nc1. The zero-order valence-electron chi connectivity index (χ0n) is 11.5. The van der Waals surface area contributed by atoms with Crippen LogP contribution in [0.3, 0.4) is 0 Å². The minimum absolute atomic E-state index is 0.237. The zero-order chi connectivity index (χ0) is 13.8. The molecule has 2 saturated heterocycles. The van der Waals surface area contributed by atoms with Gasteiger partial charge in [-0.3, -0.25) is 4.90 Å². The lowest BCUT2D eigenvalue weighted by molar-refractivity contribution is -0.0977. The first-order valence-corrected chi connectivity index (χ1v) is 7.89. The Kier molecular flexibility index (Phi) is 4.88. The van der Waals surface area contributed by atoms with Gasteiger partial charge in [-0.1, -0.05) is 0 Å². The summed E-state index contributed by atoms with van der Waals surface area (Å²) >= 11 is 3.42. The number of rotatable bonds is 3. The van der Waals surface area contributed by atoms with E-state index in [9.17, 15) is 0 Å². The first kappa shape index (κ1) is 14.3. The number of pyridine rings is 1. The molecular weight excluding hydrogens is 322 g/mol. The third-order valence-corrected chi connectivity index (χ3v) is 4.22. The fourth-order valence-electron chi connectivity index (χ4n) is 2.64. The smallest absolute Gasteiger partial charge is 0.128 e. The van der Waals surface area contributed by atoms with Crippen molar-refractivity contribution in [3.8, 4) is 0 Å². The van der Waals surface area contributed by atoms with Gasteiger partial charge < -0.3 is 14.4 Å². The normalized spacial score (nSPS) is 24.9. The minimum Gasteiger partial charge on any atom is -0.376 e. The van der Waals surface area contributed by atoms with Crippen LogP contribution in [0.4, 0.5) is 5.82 Å². The summed E-state index contributed by atoms with van der Waals surface area (Å²) in [7, 11) is 0. The zero-order valence-corrected chi connectivity index (χ0v) is 13.1. The molecule has 20 heavy (non-hydrogen) atoms. The molecule has 1 aromatic rings. The van der Waals surface area contributed by atoms with Gasteiger partial charge in [0.15, 0.2) is 0 Å². The van der Waals surface area contributed by atoms with Gasteiger partial charge in [-0.05, 0) is 28.1 Å². The molecule has 0 amide bonds. The molecule has 0 radical (unpaired) electrons. The predicted octanol–water partition coefficient (Wildman–Crippen LogP) is 1.38. The summed E-state index contributed by atoms with van der Waals surface area (Å²) in [5.74, 6) is 1.06. The largest absolute Gasteiger partial charge is 0.376 e. The van der Waals surface area contributed by atoms with E-state index in [2.05, 4.69) is 36.8 Å². The molecule has 1 atom stereocenters. The Morgan fingerprint density at radius 2 is 2.05 bits per heavy atom. The first-order chi connectivity index (χ1) is 9.81. The van der Waals surface area contributed by atoms with E-state index in [4.69, 9.17) is 9.47 Å². The number of anilines is 1. The molecule has 0 saturated carbocycles. The average molecular weight is 342 g/mol. The van der Waals surface area contributed by atoms with Crippen molar-refractivity contribution in [2.45, 2.75) is 6.10 Å². The number of nitrogens with zero attached hydrogens (tertiary/aromatic N) is 3. The fourth-order valence-corrected chi connectivity index (χ4v) is 2.88. The van der Waals surface area contributed by atoms with Crippen LogP contribution in [0.2, 0.25) is 0 Å². The van der Waals surface area contributed by atoms with E-state index >= 15 is 0 Å². The number of halogens is 1. The van der Waals surface area contributed by atoms with Crippen molar-refractivity contribution in [2.24, 2.45) is 0 Å². The van der Waals surface area contributed by atoms with Gasteiger partial charge in [0.05, 0.1) is 25.9 Å². The van der Waals surface area contributed by atoms with Gasteiger partial charge in [-0.2, -0.15) is 0 Å². The van der Waals surface area contributed by atoms with Crippen molar-refractivity contribution in [3.05, 3.63) is 22.8 Å². The molecule has 0 aliphatic carbocycles. The molecule has 5 nitrogen and oxygen atoms in total. The molecule has 3 heterocycles. The summed E-state index contributed by atoms with van der Waals surface area (Å²) in [6.45, 7) is 7.31. The van der Waals surface area contributed by atoms with Crippen LogP contribution in [-0.2, 0) is 9.47 Å². The van der Waals surface area contributed by atoms with Crippen LogP contribution in [-0.4, -0.2) is 68.5 Å². The maximum absolute atomic E-state index is 5.71. The Morgan fingerprint density at radius 1 is 1.20 bits per heavy atom. The van der Waals surface area contributed by atoms with Crippen LogP contribution >= 0.6 is 15.9 Å². The predicted molar refractivity (Wildman–Crippen MR) is 81.1 cm³/mol. The van der Waals surface area contributed by atoms with Gasteiger partial charge in [0.2, 0.25) is 0 Å². The number of hydrogen-bond acceptors (Lipinski definition) is 5. The topological polar surface area (TPSA) is 37.8 Å². The highest BCUT2D eigenvalue weighted by Crippen LogP contribution is 2.17. The molecule has 1 unspecified atom stereocenters. The van der Waals surface area contributed by atoms with E-state index in [0.717, 1.165) is 62.8 Å². The molecule has 0 aromatic carbocycles. The summed E-state index contributed by atoms with van der Waals surface area (Å²) in [5.41, 5.74) is 0. The van der Waals surface area contributed by atoms with Crippen LogP contribution in [0, 0.1) is 0 Å². The van der Waals surface area contributed by atoms with Crippen molar-refractivity contribution in [2.75, 3.05) is 57.4 Å². The monoisotopic (exact) mass is 341 g/mol. The summed E-state index contributed by atoms with van der Waals surface area (Å²) in [4.78, 5) is 9.25. The molecule has 2 aliphatic heterocycles. The molecule has 2 fully saturated rings. The van der Waals surface area contributed by atoms with E-state index in [1.807, 2.05) is 12.3 Å². The molecule has 0 N–H and O–H groups in total. The number of aromatic nitrogens is 1. The van der Waals surface area contributed by atoms with Crippen LogP contribution < -0.4 is 4.90 Å². The Labute approximate surface area is 128 Å². The van der Waals surface area contributed by atoms with Crippen LogP contribution in [0.15, 0.2) is 22.8 Å².